The minimum Gasteiger partial charge on any atom is -0.480 e. The van der Waals surface area contributed by atoms with Gasteiger partial charge in [-0.25, -0.2) is 4.79 Å². The molecule has 0 aliphatic heterocycles. The maximum atomic E-state index is 12.1. The zero-order valence-electron chi connectivity index (χ0n) is 9.67. The Morgan fingerprint density at radius 1 is 1.30 bits per heavy atom. The molecule has 9 heteroatoms. The van der Waals surface area contributed by atoms with Gasteiger partial charge in [0.2, 0.25) is 0 Å². The molecule has 1 atom stereocenters. The molecule has 0 aliphatic rings. The molecule has 0 unspecified atom stereocenters. The summed E-state index contributed by atoms with van der Waals surface area (Å²) in [5.74, 6) is -3.94. The Kier molecular flexibility index (Phi) is 5.24. The minimum atomic E-state index is -5.16. The van der Waals surface area contributed by atoms with Crippen molar-refractivity contribution < 1.29 is 27.9 Å². The first-order valence-corrected chi connectivity index (χ1v) is 5.91. The molecule has 1 rings (SSSR count). The van der Waals surface area contributed by atoms with Gasteiger partial charge in [-0.05, 0) is 23.8 Å². The standard InChI is InChI=1S/C11H8Cl2F3NO3/c12-6-1-2-7(13)5(3-6)4-8(9(18)19)17-10(20)11(14,15)16/h1-3,8H,4H2,(H,17,20)(H,18,19)/t8-/m1/s1. The Bertz CT molecular complexity index is 534. The number of rotatable bonds is 4. The Hall–Kier alpha value is -1.47. The van der Waals surface area contributed by atoms with Crippen LogP contribution in [-0.4, -0.2) is 29.2 Å². The molecule has 0 fully saturated rings. The van der Waals surface area contributed by atoms with Crippen LogP contribution >= 0.6 is 23.2 Å². The quantitative estimate of drug-likeness (QED) is 0.892. The van der Waals surface area contributed by atoms with Gasteiger partial charge in [0.1, 0.15) is 6.04 Å². The summed E-state index contributed by atoms with van der Waals surface area (Å²) in [6, 6.07) is 2.38. The molecule has 0 bridgehead atoms. The number of halogens is 5. The van der Waals surface area contributed by atoms with E-state index in [1.54, 1.807) is 0 Å². The van der Waals surface area contributed by atoms with Gasteiger partial charge in [0.25, 0.3) is 0 Å². The highest BCUT2D eigenvalue weighted by molar-refractivity contribution is 6.33. The molecule has 0 heterocycles. The summed E-state index contributed by atoms with van der Waals surface area (Å²) in [6.45, 7) is 0. The van der Waals surface area contributed by atoms with Crippen LogP contribution in [0, 0.1) is 0 Å². The number of carbonyl (C=O) groups is 2. The third-order valence-electron chi connectivity index (χ3n) is 2.29. The summed E-state index contributed by atoms with van der Waals surface area (Å²) in [4.78, 5) is 21.7. The normalized spacial score (nSPS) is 12.8. The summed E-state index contributed by atoms with van der Waals surface area (Å²) < 4.78 is 36.3. The van der Waals surface area contributed by atoms with Crippen molar-refractivity contribution in [2.24, 2.45) is 0 Å². The predicted molar refractivity (Wildman–Crippen MR) is 65.8 cm³/mol. The summed E-state index contributed by atoms with van der Waals surface area (Å²) in [5, 5.41) is 10.6. The molecule has 0 radical (unpaired) electrons. The van der Waals surface area contributed by atoms with Crippen molar-refractivity contribution in [1.29, 1.82) is 0 Å². The fraction of sp³-hybridized carbons (Fsp3) is 0.273. The lowest BCUT2D eigenvalue weighted by atomic mass is 10.1. The Labute approximate surface area is 121 Å². The zero-order valence-corrected chi connectivity index (χ0v) is 11.2. The molecule has 0 saturated carbocycles. The highest BCUT2D eigenvalue weighted by Crippen LogP contribution is 2.22. The first-order chi connectivity index (χ1) is 9.11. The first-order valence-electron chi connectivity index (χ1n) is 5.15. The molecule has 0 saturated heterocycles. The maximum Gasteiger partial charge on any atom is 0.471 e. The fourth-order valence-electron chi connectivity index (χ4n) is 1.36. The van der Waals surface area contributed by atoms with E-state index in [1.807, 2.05) is 0 Å². The van der Waals surface area contributed by atoms with Crippen molar-refractivity contribution in [2.75, 3.05) is 0 Å². The van der Waals surface area contributed by atoms with E-state index >= 15 is 0 Å². The number of nitrogens with one attached hydrogen (secondary N) is 1. The molecule has 1 aromatic rings. The molecule has 110 valence electrons. The Morgan fingerprint density at radius 3 is 2.40 bits per heavy atom. The van der Waals surface area contributed by atoms with E-state index in [0.29, 0.717) is 0 Å². The van der Waals surface area contributed by atoms with Crippen LogP contribution in [0.4, 0.5) is 13.2 Å². The van der Waals surface area contributed by atoms with Gasteiger partial charge in [0.15, 0.2) is 0 Å². The highest BCUT2D eigenvalue weighted by Gasteiger charge is 2.40. The second-order valence-electron chi connectivity index (χ2n) is 3.80. The maximum absolute atomic E-state index is 12.1. The topological polar surface area (TPSA) is 66.4 Å². The molecule has 4 nitrogen and oxygen atoms in total. The lowest BCUT2D eigenvalue weighted by Crippen LogP contribution is -2.47. The third-order valence-corrected chi connectivity index (χ3v) is 2.90. The minimum absolute atomic E-state index is 0.141. The lowest BCUT2D eigenvalue weighted by molar-refractivity contribution is -0.175. The van der Waals surface area contributed by atoms with Gasteiger partial charge < -0.3 is 10.4 Å². The smallest absolute Gasteiger partial charge is 0.471 e. The Morgan fingerprint density at radius 2 is 1.90 bits per heavy atom. The number of carboxylic acid groups (broad SMARTS) is 1. The average molecular weight is 330 g/mol. The number of carbonyl (C=O) groups excluding carboxylic acids is 1. The van der Waals surface area contributed by atoms with Crippen molar-refractivity contribution in [2.45, 2.75) is 18.6 Å². The number of alkyl halides is 3. The van der Waals surface area contributed by atoms with Crippen LogP contribution in [0.2, 0.25) is 10.0 Å². The number of hydrogen-bond donors (Lipinski definition) is 2. The molecular weight excluding hydrogens is 322 g/mol. The van der Waals surface area contributed by atoms with E-state index < -0.39 is 30.5 Å². The van der Waals surface area contributed by atoms with Gasteiger partial charge in [-0.1, -0.05) is 23.2 Å². The first kappa shape index (κ1) is 16.6. The van der Waals surface area contributed by atoms with Gasteiger partial charge >= 0.3 is 18.1 Å². The van der Waals surface area contributed by atoms with E-state index in [1.165, 1.54) is 23.5 Å². The molecule has 1 aromatic carbocycles. The third kappa shape index (κ3) is 4.57. The van der Waals surface area contributed by atoms with Crippen molar-refractivity contribution in [3.8, 4) is 0 Å². The highest BCUT2D eigenvalue weighted by atomic mass is 35.5. The zero-order chi connectivity index (χ0) is 15.5. The van der Waals surface area contributed by atoms with Crippen molar-refractivity contribution >= 4 is 35.1 Å². The van der Waals surface area contributed by atoms with E-state index in [9.17, 15) is 22.8 Å². The van der Waals surface area contributed by atoms with Crippen molar-refractivity contribution in [1.82, 2.24) is 5.32 Å². The van der Waals surface area contributed by atoms with Crippen molar-refractivity contribution in [3.05, 3.63) is 33.8 Å². The van der Waals surface area contributed by atoms with E-state index in [4.69, 9.17) is 28.3 Å². The monoisotopic (exact) mass is 329 g/mol. The molecule has 2 N–H and O–H groups in total. The number of hydrogen-bond acceptors (Lipinski definition) is 2. The van der Waals surface area contributed by atoms with Crippen molar-refractivity contribution in [3.63, 3.8) is 0 Å². The SMILES string of the molecule is O=C(O)[C@@H](Cc1cc(Cl)ccc1Cl)NC(=O)C(F)(F)F. The van der Waals surface area contributed by atoms with Crippen LogP contribution < -0.4 is 5.32 Å². The lowest BCUT2D eigenvalue weighted by Gasteiger charge is -2.16. The fourth-order valence-corrected chi connectivity index (χ4v) is 1.75. The van der Waals surface area contributed by atoms with Gasteiger partial charge in [0, 0.05) is 16.5 Å². The summed E-state index contributed by atoms with van der Waals surface area (Å²) in [6.07, 6.45) is -5.58. The Balaban J connectivity index is 2.91. The van der Waals surface area contributed by atoms with E-state index in [2.05, 4.69) is 0 Å². The van der Waals surface area contributed by atoms with Gasteiger partial charge in [-0.15, -0.1) is 0 Å². The molecule has 0 aliphatic carbocycles. The number of carboxylic acids is 1. The number of aliphatic carboxylic acids is 1. The molecule has 0 aromatic heterocycles. The van der Waals surface area contributed by atoms with Crippen LogP contribution in [0.3, 0.4) is 0 Å². The van der Waals surface area contributed by atoms with Crippen LogP contribution in [0.1, 0.15) is 5.56 Å². The number of amides is 1. The van der Waals surface area contributed by atoms with Gasteiger partial charge in [0.05, 0.1) is 0 Å². The van der Waals surface area contributed by atoms with Gasteiger partial charge in [-0.2, -0.15) is 13.2 Å². The molecule has 20 heavy (non-hydrogen) atoms. The average Bonchev–Trinajstić information content (AvgIpc) is 2.31. The van der Waals surface area contributed by atoms with Crippen LogP contribution in [0.25, 0.3) is 0 Å². The second kappa shape index (κ2) is 6.32. The van der Waals surface area contributed by atoms with E-state index in [0.717, 1.165) is 0 Å². The summed E-state index contributed by atoms with van der Waals surface area (Å²) in [5.41, 5.74) is 0.217. The van der Waals surface area contributed by atoms with Crippen LogP contribution in [0.5, 0.6) is 0 Å². The van der Waals surface area contributed by atoms with Gasteiger partial charge in [-0.3, -0.25) is 4.79 Å². The predicted octanol–water partition coefficient (Wildman–Crippen LogP) is 2.67. The number of benzene rings is 1. The second-order valence-corrected chi connectivity index (χ2v) is 4.65. The molecule has 1 amide bonds. The molecular formula is C11H8Cl2F3NO3. The van der Waals surface area contributed by atoms with Crippen LogP contribution in [-0.2, 0) is 16.0 Å². The summed E-state index contributed by atoms with van der Waals surface area (Å²) in [7, 11) is 0. The van der Waals surface area contributed by atoms with Crippen LogP contribution in [0.15, 0.2) is 18.2 Å². The summed E-state index contributed by atoms with van der Waals surface area (Å²) >= 11 is 11.5. The largest absolute Gasteiger partial charge is 0.480 e. The van der Waals surface area contributed by atoms with E-state index in [-0.39, 0.29) is 15.6 Å². The molecule has 0 spiro atoms.